The lowest BCUT2D eigenvalue weighted by Gasteiger charge is -2.65. The Hall–Kier alpha value is -1.32. The van der Waals surface area contributed by atoms with E-state index >= 15 is 0 Å². The second kappa shape index (κ2) is 4.61. The first-order valence-corrected chi connectivity index (χ1v) is 8.92. The summed E-state index contributed by atoms with van der Waals surface area (Å²) in [6.07, 6.45) is 8.75. The Balaban J connectivity index is 1.63. The van der Waals surface area contributed by atoms with Crippen molar-refractivity contribution in [3.05, 3.63) is 18.0 Å². The molecule has 23 heavy (non-hydrogen) atoms. The van der Waals surface area contributed by atoms with Crippen molar-refractivity contribution in [2.24, 2.45) is 22.2 Å². The Labute approximate surface area is 138 Å². The second-order valence-corrected chi connectivity index (χ2v) is 9.43. The maximum atomic E-state index is 13.5. The SMILES string of the molecule is CC(c1ccon1)N(C)C(=O)C12CC3CC(C)(CC(C)(C3)C1)C2. The first-order valence-electron chi connectivity index (χ1n) is 8.92. The summed E-state index contributed by atoms with van der Waals surface area (Å²) in [7, 11) is 1.94. The lowest BCUT2D eigenvalue weighted by molar-refractivity contribution is -0.180. The molecule has 3 unspecified atom stereocenters. The molecule has 4 saturated carbocycles. The van der Waals surface area contributed by atoms with Crippen molar-refractivity contribution >= 4 is 5.91 Å². The Morgan fingerprint density at radius 2 is 1.91 bits per heavy atom. The van der Waals surface area contributed by atoms with Crippen molar-refractivity contribution in [2.75, 3.05) is 7.05 Å². The van der Waals surface area contributed by atoms with Gasteiger partial charge in [-0.05, 0) is 62.2 Å². The lowest BCUT2D eigenvalue weighted by Crippen LogP contribution is -2.60. The summed E-state index contributed by atoms with van der Waals surface area (Å²) in [6.45, 7) is 6.87. The fraction of sp³-hybridized carbons (Fsp3) is 0.789. The average molecular weight is 316 g/mol. The lowest BCUT2D eigenvalue weighted by atomic mass is 9.40. The van der Waals surface area contributed by atoms with Crippen molar-refractivity contribution < 1.29 is 9.32 Å². The van der Waals surface area contributed by atoms with Gasteiger partial charge in [-0.1, -0.05) is 19.0 Å². The number of carbonyl (C=O) groups excluding carboxylic acids is 1. The molecular formula is C19H28N2O2. The molecule has 4 aliphatic carbocycles. The van der Waals surface area contributed by atoms with Crippen LogP contribution in [0.25, 0.3) is 0 Å². The Morgan fingerprint density at radius 3 is 2.43 bits per heavy atom. The molecule has 4 heteroatoms. The first-order chi connectivity index (χ1) is 10.7. The number of amides is 1. The number of hydrogen-bond acceptors (Lipinski definition) is 3. The van der Waals surface area contributed by atoms with Gasteiger partial charge in [0.1, 0.15) is 12.0 Å². The van der Waals surface area contributed by atoms with Crippen molar-refractivity contribution in [1.82, 2.24) is 10.1 Å². The van der Waals surface area contributed by atoms with Crippen LogP contribution in [0.1, 0.15) is 71.0 Å². The monoisotopic (exact) mass is 316 g/mol. The van der Waals surface area contributed by atoms with E-state index in [4.69, 9.17) is 4.52 Å². The van der Waals surface area contributed by atoms with Crippen LogP contribution in [-0.2, 0) is 4.79 Å². The molecule has 0 aromatic carbocycles. The van der Waals surface area contributed by atoms with E-state index in [2.05, 4.69) is 19.0 Å². The van der Waals surface area contributed by atoms with Crippen LogP contribution in [0.2, 0.25) is 0 Å². The topological polar surface area (TPSA) is 46.3 Å². The maximum Gasteiger partial charge on any atom is 0.229 e. The van der Waals surface area contributed by atoms with Crippen LogP contribution in [0, 0.1) is 22.2 Å². The summed E-state index contributed by atoms with van der Waals surface area (Å²) >= 11 is 0. The van der Waals surface area contributed by atoms with Crippen LogP contribution < -0.4 is 0 Å². The Kier molecular flexibility index (Phi) is 3.05. The van der Waals surface area contributed by atoms with Crippen molar-refractivity contribution in [3.63, 3.8) is 0 Å². The van der Waals surface area contributed by atoms with E-state index in [1.54, 1.807) is 6.26 Å². The number of hydrogen-bond donors (Lipinski definition) is 0. The zero-order chi connectivity index (χ0) is 16.5. The van der Waals surface area contributed by atoms with Gasteiger partial charge in [-0.2, -0.15) is 0 Å². The number of carbonyl (C=O) groups is 1. The Bertz CT molecular complexity index is 605. The Morgan fingerprint density at radius 1 is 1.26 bits per heavy atom. The summed E-state index contributed by atoms with van der Waals surface area (Å²) in [6, 6.07) is 1.83. The highest BCUT2D eigenvalue weighted by Crippen LogP contribution is 2.69. The zero-order valence-corrected chi connectivity index (χ0v) is 14.8. The van der Waals surface area contributed by atoms with Crippen LogP contribution in [0.15, 0.2) is 16.9 Å². The second-order valence-electron chi connectivity index (χ2n) is 9.43. The summed E-state index contributed by atoms with van der Waals surface area (Å²) in [5.74, 6) is 1.07. The van der Waals surface area contributed by atoms with Crippen LogP contribution >= 0.6 is 0 Å². The van der Waals surface area contributed by atoms with Gasteiger partial charge in [0.25, 0.3) is 0 Å². The van der Waals surface area contributed by atoms with Crippen molar-refractivity contribution in [2.45, 2.75) is 65.3 Å². The smallest absolute Gasteiger partial charge is 0.229 e. The number of aromatic nitrogens is 1. The predicted molar refractivity (Wildman–Crippen MR) is 87.5 cm³/mol. The highest BCUT2D eigenvalue weighted by Gasteiger charge is 2.63. The minimum atomic E-state index is -0.143. The molecule has 126 valence electrons. The van der Waals surface area contributed by atoms with Crippen LogP contribution in [0.3, 0.4) is 0 Å². The van der Waals surface area contributed by atoms with E-state index in [0.29, 0.717) is 16.7 Å². The standard InChI is InChI=1S/C19H28N2O2/c1-13(15-5-6-23-20-15)21(4)16(22)19-9-14-7-17(2,11-19)10-18(3,8-14)12-19/h5-6,13-14H,7-12H2,1-4H3. The van der Waals surface area contributed by atoms with Gasteiger partial charge in [0.05, 0.1) is 11.5 Å². The van der Waals surface area contributed by atoms with Crippen LogP contribution in [0.5, 0.6) is 0 Å². The van der Waals surface area contributed by atoms with Gasteiger partial charge < -0.3 is 9.42 Å². The van der Waals surface area contributed by atoms with E-state index in [9.17, 15) is 4.79 Å². The third-order valence-corrected chi connectivity index (χ3v) is 6.87. The van der Waals surface area contributed by atoms with Gasteiger partial charge in [0.15, 0.2) is 0 Å². The van der Waals surface area contributed by atoms with Crippen LogP contribution in [-0.4, -0.2) is 23.0 Å². The van der Waals surface area contributed by atoms with E-state index in [0.717, 1.165) is 30.9 Å². The van der Waals surface area contributed by atoms with E-state index in [1.165, 1.54) is 19.3 Å². The maximum absolute atomic E-state index is 13.5. The highest BCUT2D eigenvalue weighted by atomic mass is 16.5. The molecule has 4 bridgehead atoms. The molecule has 0 saturated heterocycles. The average Bonchev–Trinajstić information content (AvgIpc) is 2.95. The van der Waals surface area contributed by atoms with Gasteiger partial charge in [-0.25, -0.2) is 0 Å². The minimum absolute atomic E-state index is 0.0325. The molecule has 1 amide bonds. The first kappa shape index (κ1) is 15.2. The van der Waals surface area contributed by atoms with Crippen LogP contribution in [0.4, 0.5) is 0 Å². The molecule has 0 radical (unpaired) electrons. The predicted octanol–water partition coefficient (Wildman–Crippen LogP) is 4.19. The third-order valence-electron chi connectivity index (χ3n) is 6.87. The molecule has 1 aromatic rings. The fourth-order valence-corrected chi connectivity index (χ4v) is 6.87. The van der Waals surface area contributed by atoms with Crippen molar-refractivity contribution in [3.8, 4) is 0 Å². The quantitative estimate of drug-likeness (QED) is 0.840. The summed E-state index contributed by atoms with van der Waals surface area (Å²) < 4.78 is 4.96. The van der Waals surface area contributed by atoms with E-state index in [1.807, 2.05) is 24.9 Å². The van der Waals surface area contributed by atoms with E-state index < -0.39 is 0 Å². The normalized spacial score (nSPS) is 42.7. The largest absolute Gasteiger partial charge is 0.364 e. The molecular weight excluding hydrogens is 288 g/mol. The van der Waals surface area contributed by atoms with Crippen molar-refractivity contribution in [1.29, 1.82) is 0 Å². The minimum Gasteiger partial charge on any atom is -0.364 e. The number of nitrogens with zero attached hydrogens (tertiary/aromatic N) is 2. The van der Waals surface area contributed by atoms with Gasteiger partial charge in [0, 0.05) is 13.1 Å². The molecule has 1 heterocycles. The van der Waals surface area contributed by atoms with Gasteiger partial charge in [0.2, 0.25) is 5.91 Å². The zero-order valence-electron chi connectivity index (χ0n) is 14.8. The summed E-state index contributed by atoms with van der Waals surface area (Å²) in [5, 5.41) is 4.02. The molecule has 4 aliphatic rings. The molecule has 0 N–H and O–H groups in total. The van der Waals surface area contributed by atoms with Gasteiger partial charge in [-0.3, -0.25) is 4.79 Å². The fourth-order valence-electron chi connectivity index (χ4n) is 6.87. The van der Waals surface area contributed by atoms with Gasteiger partial charge >= 0.3 is 0 Å². The molecule has 0 spiro atoms. The third kappa shape index (κ3) is 2.25. The molecule has 0 aliphatic heterocycles. The highest BCUT2D eigenvalue weighted by molar-refractivity contribution is 5.83. The summed E-state index contributed by atoms with van der Waals surface area (Å²) in [5.41, 5.74) is 1.42. The van der Waals surface area contributed by atoms with Gasteiger partial charge in [-0.15, -0.1) is 0 Å². The molecule has 5 rings (SSSR count). The molecule has 3 atom stereocenters. The molecule has 1 aromatic heterocycles. The molecule has 4 nitrogen and oxygen atoms in total. The summed E-state index contributed by atoms with van der Waals surface area (Å²) in [4.78, 5) is 15.4. The van der Waals surface area contributed by atoms with E-state index in [-0.39, 0.29) is 11.5 Å². The number of rotatable bonds is 3. The molecule has 4 fully saturated rings.